The zero-order valence-electron chi connectivity index (χ0n) is 38.3. The van der Waals surface area contributed by atoms with E-state index in [4.69, 9.17) is 31.1 Å². The van der Waals surface area contributed by atoms with E-state index in [9.17, 15) is 10.2 Å². The van der Waals surface area contributed by atoms with Gasteiger partial charge in [-0.25, -0.2) is 9.97 Å². The highest BCUT2D eigenvalue weighted by atomic mass is 16.5. The lowest BCUT2D eigenvalue weighted by atomic mass is 9.54. The molecular weight excluding hydrogens is 859 g/mol. The second kappa shape index (κ2) is 18.0. The average Bonchev–Trinajstić information content (AvgIpc) is 3.91. The number of nitrogens with two attached hydrogens (primary N) is 1. The van der Waals surface area contributed by atoms with Gasteiger partial charge in [0.25, 0.3) is 0 Å². The number of likely N-dealkylation sites (N-methyl/N-ethyl adjacent to an activating group) is 1. The quantitative estimate of drug-likeness (QED) is 0.0754. The Kier molecular flexibility index (Phi) is 11.8. The van der Waals surface area contributed by atoms with Crippen LogP contribution < -0.4 is 5.73 Å². The van der Waals surface area contributed by atoms with Crippen molar-refractivity contribution in [1.29, 1.82) is 10.8 Å². The normalized spacial score (nSPS) is 22.5. The van der Waals surface area contributed by atoms with Gasteiger partial charge < -0.3 is 25.6 Å². The monoisotopic (exact) mass is 915 g/mol. The molecule has 0 spiro atoms. The summed E-state index contributed by atoms with van der Waals surface area (Å²) in [6, 6.07) is 20.5. The van der Waals surface area contributed by atoms with Gasteiger partial charge in [0, 0.05) is 74.4 Å². The molecule has 2 unspecified atom stereocenters. The number of hydrogen-bond donors (Lipinski definition) is 3. The van der Waals surface area contributed by atoms with Gasteiger partial charge >= 0.3 is 11.8 Å². The molecule has 4 aliphatic rings. The van der Waals surface area contributed by atoms with Crippen LogP contribution in [0.15, 0.2) is 114 Å². The third-order valence-corrected chi connectivity index (χ3v) is 14.8. The smallest absolute Gasteiger partial charge is 0.369 e. The molecule has 4 fully saturated rings. The lowest BCUT2D eigenvalue weighted by Gasteiger charge is -2.51. The highest BCUT2D eigenvalue weighted by Crippen LogP contribution is 2.54. The third-order valence-electron chi connectivity index (χ3n) is 14.8. The number of benzene rings is 2. The molecule has 6 aromatic rings. The van der Waals surface area contributed by atoms with E-state index in [0.717, 1.165) is 64.8 Å². The molecule has 4 aromatic heterocycles. The predicted molar refractivity (Wildman–Crippen MR) is 260 cm³/mol. The number of pyridine rings is 1. The van der Waals surface area contributed by atoms with Crippen LogP contribution in [0.2, 0.25) is 0 Å². The number of hydrogen-bond acceptors (Lipinski definition) is 10. The molecule has 8 N–H and O–H groups in total. The van der Waals surface area contributed by atoms with Gasteiger partial charge in [0.1, 0.15) is 29.3 Å². The summed E-state index contributed by atoms with van der Waals surface area (Å²) in [7, 11) is 3.60. The lowest BCUT2D eigenvalue weighted by Crippen LogP contribution is -2.53. The number of carbonyl (C=O) groups is 1. The summed E-state index contributed by atoms with van der Waals surface area (Å²) in [5, 5.41) is 44.6. The number of amidine groups is 2. The Morgan fingerprint density at radius 3 is 1.94 bits per heavy atom. The van der Waals surface area contributed by atoms with E-state index in [1.807, 2.05) is 30.5 Å². The van der Waals surface area contributed by atoms with Crippen LogP contribution in [-0.4, -0.2) is 105 Å². The Morgan fingerprint density at radius 1 is 0.765 bits per heavy atom. The number of ether oxygens (including phenoxy) is 1. The van der Waals surface area contributed by atoms with Gasteiger partial charge in [0.2, 0.25) is 11.9 Å². The van der Waals surface area contributed by atoms with E-state index in [0.29, 0.717) is 43.1 Å². The van der Waals surface area contributed by atoms with Crippen LogP contribution in [-0.2, 0) is 34.0 Å². The van der Waals surface area contributed by atoms with E-state index in [1.165, 1.54) is 23.7 Å². The summed E-state index contributed by atoms with van der Waals surface area (Å²) in [5.41, 5.74) is 12.4. The maximum Gasteiger partial charge on any atom is 0.369 e. The summed E-state index contributed by atoms with van der Waals surface area (Å²) in [6.45, 7) is 0.952. The van der Waals surface area contributed by atoms with Crippen molar-refractivity contribution in [1.82, 2.24) is 39.4 Å². The topological polar surface area (TPSA) is 248 Å². The fourth-order valence-electron chi connectivity index (χ4n) is 10.1. The van der Waals surface area contributed by atoms with Crippen molar-refractivity contribution >= 4 is 35.3 Å². The minimum Gasteiger partial charge on any atom is -0.578 e. The van der Waals surface area contributed by atoms with Crippen LogP contribution in [0.3, 0.4) is 0 Å². The van der Waals surface area contributed by atoms with Crippen LogP contribution in [0, 0.1) is 22.7 Å². The van der Waals surface area contributed by atoms with Crippen molar-refractivity contribution in [2.45, 2.75) is 80.7 Å². The van der Waals surface area contributed by atoms with Gasteiger partial charge in [-0.2, -0.15) is 10.2 Å². The van der Waals surface area contributed by atoms with Crippen molar-refractivity contribution in [3.05, 3.63) is 132 Å². The molecule has 0 bridgehead atoms. The number of amides is 1. The van der Waals surface area contributed by atoms with Crippen LogP contribution in [0.4, 0.5) is 5.95 Å². The number of rotatable bonds is 13. The van der Waals surface area contributed by atoms with E-state index in [2.05, 4.69) is 66.5 Å². The summed E-state index contributed by atoms with van der Waals surface area (Å²) in [4.78, 5) is 37.5. The minimum atomic E-state index is -0.685. The fourth-order valence-corrected chi connectivity index (χ4v) is 10.1. The zero-order valence-corrected chi connectivity index (χ0v) is 38.3. The average molecular weight is 916 g/mol. The molecule has 17 nitrogen and oxygen atoms in total. The molecule has 1 saturated heterocycles. The van der Waals surface area contributed by atoms with Crippen molar-refractivity contribution in [3.63, 3.8) is 0 Å². The second-order valence-electron chi connectivity index (χ2n) is 19.1. The molecule has 10 rings (SSSR count). The molecule has 1 aliphatic heterocycles. The van der Waals surface area contributed by atoms with E-state index < -0.39 is 10.8 Å². The van der Waals surface area contributed by atoms with E-state index in [1.54, 1.807) is 54.7 Å². The number of aromatic nitrogens is 7. The molecule has 3 aliphatic carbocycles. The summed E-state index contributed by atoms with van der Waals surface area (Å²) < 4.78 is 9.33. The maximum atomic E-state index is 13.8. The summed E-state index contributed by atoms with van der Waals surface area (Å²) in [6.07, 6.45) is 18.8. The predicted octanol–water partition coefficient (Wildman–Crippen LogP) is 5.53. The van der Waals surface area contributed by atoms with Gasteiger partial charge in [-0.05, 0) is 85.1 Å². The third kappa shape index (κ3) is 8.69. The molecule has 17 heteroatoms. The van der Waals surface area contributed by atoms with Crippen molar-refractivity contribution in [2.24, 2.45) is 28.9 Å². The molecule has 1 amide bonds. The van der Waals surface area contributed by atoms with Crippen molar-refractivity contribution in [2.75, 3.05) is 26.0 Å². The molecule has 68 heavy (non-hydrogen) atoms. The van der Waals surface area contributed by atoms with Crippen LogP contribution >= 0.6 is 0 Å². The molecule has 0 radical (unpaired) electrons. The number of aryl methyl sites for hydroxylation is 1. The largest absolute Gasteiger partial charge is 0.578 e. The number of nitrogens with one attached hydrogen (secondary N) is 2. The first-order valence-corrected chi connectivity index (χ1v) is 23.3. The number of anilines is 1. The van der Waals surface area contributed by atoms with Gasteiger partial charge in [-0.3, -0.25) is 30.0 Å². The maximum absolute atomic E-state index is 13.8. The molecule has 2 aromatic carbocycles. The van der Waals surface area contributed by atoms with E-state index in [-0.39, 0.29) is 59.7 Å². The van der Waals surface area contributed by atoms with E-state index >= 15 is 0 Å². The Hall–Kier alpha value is -7.40. The first kappa shape index (κ1) is 44.4. The second-order valence-corrected chi connectivity index (χ2v) is 19.1. The SMILES string of the molecule is CN(C(=O)Cn1cc(C([OH2+])=NC(=N)C2(c3ccc(-c4cnc(N)nc4)cc3)CCC2)cn1)C1COCC(C2CC(C(=N)N=C([OH2+])c3cnn(C)c3)(c3ccc(-c4ccc(C5CC5)nc4)cc3)C2)C1. The van der Waals surface area contributed by atoms with Gasteiger partial charge in [0.15, 0.2) is 0 Å². The Morgan fingerprint density at radius 2 is 1.35 bits per heavy atom. The van der Waals surface area contributed by atoms with Gasteiger partial charge in [-0.1, -0.05) is 61.0 Å². The number of nitrogens with zero attached hydrogens (tertiary/aromatic N) is 10. The molecular formula is C51H57N13O4+2. The number of aliphatic imine (C=N–C) groups is 2. The van der Waals surface area contributed by atoms with Crippen LogP contribution in [0.25, 0.3) is 22.3 Å². The Labute approximate surface area is 393 Å². The minimum absolute atomic E-state index is 0.00718. The summed E-state index contributed by atoms with van der Waals surface area (Å²) in [5.74, 6) is 1.26. The van der Waals surface area contributed by atoms with Crippen LogP contribution in [0.1, 0.15) is 85.2 Å². The first-order valence-electron chi connectivity index (χ1n) is 23.3. The highest BCUT2D eigenvalue weighted by Gasteiger charge is 2.53. The number of carbonyl (C=O) groups excluding carboxylic acids is 1. The lowest BCUT2D eigenvalue weighted by molar-refractivity contribution is -0.137. The standard InChI is InChI=1S/C51H55N13O4/c1-62-26-38(24-58-62)45(66)61-48(53)51(41-13-6-31(7-14-41)34-10-15-43(55-21-34)33-4-5-33)19-36(20-51)35-18-42(30-68-29-35)63(2)44(65)28-64-27-39(25-59-64)46(67)60-47(52)50(16-3-17-50)40-11-8-32(9-12-40)37-22-56-49(54)57-23-37/h6-15,21-27,33,35-36,42H,3-5,16-20,28-30H2,1-2H3,(H2,52,60,67)(H2,53,61,66)(H2,54,56,57)/p+2. The van der Waals surface area contributed by atoms with Gasteiger partial charge in [0.05, 0.1) is 35.9 Å². The van der Waals surface area contributed by atoms with Crippen LogP contribution in [0.5, 0.6) is 0 Å². The Bertz CT molecular complexity index is 2890. The molecule has 5 heterocycles. The summed E-state index contributed by atoms with van der Waals surface area (Å²) >= 11 is 0. The van der Waals surface area contributed by atoms with Crippen molar-refractivity contribution in [3.8, 4) is 22.3 Å². The molecule has 348 valence electrons. The fraction of sp³-hybridized carbons (Fsp3) is 0.373. The van der Waals surface area contributed by atoms with Gasteiger partial charge in [-0.15, -0.1) is 9.98 Å². The first-order chi connectivity index (χ1) is 32.9. The number of nitrogen functional groups attached to an aromatic ring is 1. The van der Waals surface area contributed by atoms with Crippen molar-refractivity contribution < 1.29 is 19.7 Å². The molecule has 3 saturated carbocycles. The molecule has 2 atom stereocenters. The zero-order chi connectivity index (χ0) is 47.2. The highest BCUT2D eigenvalue weighted by molar-refractivity contribution is 6.05. The Balaban J connectivity index is 0.782.